The number of H-pyrrole nitrogens is 1. The van der Waals surface area contributed by atoms with Gasteiger partial charge in [0.1, 0.15) is 0 Å². The van der Waals surface area contributed by atoms with E-state index in [1.54, 1.807) is 0 Å². The molecular formula is C21H23ClN4. The van der Waals surface area contributed by atoms with Gasteiger partial charge in [-0.3, -0.25) is 5.10 Å². The Balaban J connectivity index is 1.91. The summed E-state index contributed by atoms with van der Waals surface area (Å²) in [7, 11) is 0. The highest BCUT2D eigenvalue weighted by Crippen LogP contribution is 2.49. The van der Waals surface area contributed by atoms with Gasteiger partial charge in [0.15, 0.2) is 11.5 Å². The SMILES string of the molecule is [C-]#[N+]C1=C(CCC)Nc2n[nH]c(C3CCCC3)c2C1c1ccccc1Cl. The second-order valence-corrected chi connectivity index (χ2v) is 7.59. The lowest BCUT2D eigenvalue weighted by Gasteiger charge is -2.28. The molecule has 1 unspecified atom stereocenters. The highest BCUT2D eigenvalue weighted by Gasteiger charge is 2.37. The molecule has 1 aromatic carbocycles. The Kier molecular flexibility index (Phi) is 4.74. The Hall–Kier alpha value is -2.25. The van der Waals surface area contributed by atoms with E-state index in [1.165, 1.54) is 31.4 Å². The summed E-state index contributed by atoms with van der Waals surface area (Å²) < 4.78 is 0. The number of aromatic amines is 1. The van der Waals surface area contributed by atoms with Crippen molar-refractivity contribution >= 4 is 17.4 Å². The van der Waals surface area contributed by atoms with E-state index in [1.807, 2.05) is 24.3 Å². The molecule has 1 atom stereocenters. The van der Waals surface area contributed by atoms with Crippen LogP contribution in [0.4, 0.5) is 5.82 Å². The van der Waals surface area contributed by atoms with E-state index in [-0.39, 0.29) is 5.92 Å². The van der Waals surface area contributed by atoms with E-state index in [4.69, 9.17) is 18.2 Å². The predicted octanol–water partition coefficient (Wildman–Crippen LogP) is 6.21. The van der Waals surface area contributed by atoms with Crippen molar-refractivity contribution < 1.29 is 0 Å². The van der Waals surface area contributed by atoms with Crippen LogP contribution in [0.2, 0.25) is 5.02 Å². The van der Waals surface area contributed by atoms with Gasteiger partial charge in [0, 0.05) is 27.9 Å². The van der Waals surface area contributed by atoms with E-state index >= 15 is 0 Å². The van der Waals surface area contributed by atoms with Crippen molar-refractivity contribution in [3.05, 3.63) is 68.9 Å². The molecule has 1 fully saturated rings. The summed E-state index contributed by atoms with van der Waals surface area (Å²) in [4.78, 5) is 3.96. The second kappa shape index (κ2) is 7.17. The number of nitrogens with zero attached hydrogens (tertiary/aromatic N) is 2. The molecule has 2 aliphatic rings. The molecule has 1 aromatic heterocycles. The molecule has 0 spiro atoms. The minimum Gasteiger partial charge on any atom is -0.352 e. The van der Waals surface area contributed by atoms with Crippen LogP contribution in [0.1, 0.15) is 74.1 Å². The Morgan fingerprint density at radius 2 is 2.04 bits per heavy atom. The number of hydrogen-bond donors (Lipinski definition) is 2. The standard InChI is InChI=1S/C21H23ClN4/c1-3-8-16-20(23-2)17(14-11-6-7-12-15(14)22)18-19(13-9-4-5-10-13)25-26-21(18)24-16/h6-7,11-13,17H,3-5,8-10H2,1H3,(H2,24,25,26). The van der Waals surface area contributed by atoms with Crippen molar-refractivity contribution in [2.45, 2.75) is 57.3 Å². The molecule has 1 aliphatic heterocycles. The maximum atomic E-state index is 7.88. The molecule has 0 saturated heterocycles. The third-order valence-corrected chi connectivity index (χ3v) is 5.92. The van der Waals surface area contributed by atoms with Crippen LogP contribution in [0.5, 0.6) is 0 Å². The fraction of sp³-hybridized carbons (Fsp3) is 0.429. The molecule has 4 nitrogen and oxygen atoms in total. The van der Waals surface area contributed by atoms with Gasteiger partial charge in [-0.2, -0.15) is 5.10 Å². The number of rotatable bonds is 4. The summed E-state index contributed by atoms with van der Waals surface area (Å²) in [6.07, 6.45) is 6.70. The smallest absolute Gasteiger partial charge is 0.196 e. The summed E-state index contributed by atoms with van der Waals surface area (Å²) in [5.41, 5.74) is 5.04. The minimum atomic E-state index is -0.145. The maximum absolute atomic E-state index is 7.88. The number of benzene rings is 1. The van der Waals surface area contributed by atoms with Crippen molar-refractivity contribution in [3.63, 3.8) is 0 Å². The van der Waals surface area contributed by atoms with Gasteiger partial charge in [-0.25, -0.2) is 4.85 Å². The van der Waals surface area contributed by atoms with Gasteiger partial charge in [-0.1, -0.05) is 56.0 Å². The lowest BCUT2D eigenvalue weighted by atomic mass is 9.82. The molecule has 26 heavy (non-hydrogen) atoms. The van der Waals surface area contributed by atoms with E-state index in [0.717, 1.165) is 41.2 Å². The molecule has 0 radical (unpaired) electrons. The van der Waals surface area contributed by atoms with E-state index in [9.17, 15) is 0 Å². The van der Waals surface area contributed by atoms with Crippen LogP contribution in [0.3, 0.4) is 0 Å². The highest BCUT2D eigenvalue weighted by molar-refractivity contribution is 6.31. The first-order chi connectivity index (χ1) is 12.7. The number of fused-ring (bicyclic) bond motifs is 1. The average Bonchev–Trinajstić information content (AvgIpc) is 3.30. The zero-order chi connectivity index (χ0) is 18.1. The van der Waals surface area contributed by atoms with Gasteiger partial charge in [0.2, 0.25) is 0 Å². The van der Waals surface area contributed by atoms with Crippen molar-refractivity contribution in [2.75, 3.05) is 5.32 Å². The zero-order valence-electron chi connectivity index (χ0n) is 15.0. The highest BCUT2D eigenvalue weighted by atomic mass is 35.5. The van der Waals surface area contributed by atoms with E-state index in [2.05, 4.69) is 27.3 Å². The number of nitrogens with one attached hydrogen (secondary N) is 2. The van der Waals surface area contributed by atoms with E-state index in [0.29, 0.717) is 10.9 Å². The van der Waals surface area contributed by atoms with Crippen LogP contribution in [-0.4, -0.2) is 10.2 Å². The Morgan fingerprint density at radius 3 is 2.73 bits per heavy atom. The monoisotopic (exact) mass is 366 g/mol. The quantitative estimate of drug-likeness (QED) is 0.632. The van der Waals surface area contributed by atoms with Gasteiger partial charge in [0.25, 0.3) is 0 Å². The first-order valence-corrected chi connectivity index (χ1v) is 9.82. The fourth-order valence-corrected chi connectivity index (χ4v) is 4.62. The topological polar surface area (TPSA) is 45.1 Å². The summed E-state index contributed by atoms with van der Waals surface area (Å²) >= 11 is 6.57. The van der Waals surface area contributed by atoms with Crippen LogP contribution in [-0.2, 0) is 0 Å². The Labute approximate surface area is 159 Å². The van der Waals surface area contributed by atoms with Crippen molar-refractivity contribution in [3.8, 4) is 0 Å². The molecule has 0 bridgehead atoms. The van der Waals surface area contributed by atoms with Crippen molar-refractivity contribution in [1.29, 1.82) is 0 Å². The number of anilines is 1. The van der Waals surface area contributed by atoms with Crippen LogP contribution >= 0.6 is 11.6 Å². The van der Waals surface area contributed by atoms with Crippen LogP contribution in [0.25, 0.3) is 4.85 Å². The summed E-state index contributed by atoms with van der Waals surface area (Å²) in [5.74, 6) is 1.22. The number of aromatic nitrogens is 2. The third kappa shape index (κ3) is 2.81. The molecule has 0 amide bonds. The molecule has 134 valence electrons. The fourth-order valence-electron chi connectivity index (χ4n) is 4.38. The normalized spacial score (nSPS) is 20.0. The summed E-state index contributed by atoms with van der Waals surface area (Å²) in [6, 6.07) is 7.89. The van der Waals surface area contributed by atoms with E-state index < -0.39 is 0 Å². The number of hydrogen-bond acceptors (Lipinski definition) is 2. The third-order valence-electron chi connectivity index (χ3n) is 5.57. The largest absolute Gasteiger partial charge is 0.352 e. The minimum absolute atomic E-state index is 0.145. The molecule has 2 N–H and O–H groups in total. The molecular weight excluding hydrogens is 344 g/mol. The van der Waals surface area contributed by atoms with Crippen LogP contribution in [0, 0.1) is 6.57 Å². The zero-order valence-corrected chi connectivity index (χ0v) is 15.7. The molecule has 1 aliphatic carbocycles. The van der Waals surface area contributed by atoms with Crippen LogP contribution < -0.4 is 5.32 Å². The van der Waals surface area contributed by atoms with Gasteiger partial charge in [-0.15, -0.1) is 0 Å². The molecule has 5 heteroatoms. The second-order valence-electron chi connectivity index (χ2n) is 7.19. The lowest BCUT2D eigenvalue weighted by molar-refractivity contribution is 0.680. The van der Waals surface area contributed by atoms with Gasteiger partial charge in [-0.05, 0) is 30.9 Å². The van der Waals surface area contributed by atoms with Crippen molar-refractivity contribution in [1.82, 2.24) is 10.2 Å². The Bertz CT molecular complexity index is 884. The predicted molar refractivity (Wildman–Crippen MR) is 105 cm³/mol. The molecule has 2 aromatic rings. The van der Waals surface area contributed by atoms with Gasteiger partial charge < -0.3 is 5.32 Å². The summed E-state index contributed by atoms with van der Waals surface area (Å²) in [6.45, 7) is 10.0. The summed E-state index contributed by atoms with van der Waals surface area (Å²) in [5, 5.41) is 12.0. The molecule has 2 heterocycles. The lowest BCUT2D eigenvalue weighted by Crippen LogP contribution is -2.19. The van der Waals surface area contributed by atoms with Crippen LogP contribution in [0.15, 0.2) is 35.7 Å². The Morgan fingerprint density at radius 1 is 1.27 bits per heavy atom. The number of allylic oxidation sites excluding steroid dienone is 2. The first-order valence-electron chi connectivity index (χ1n) is 9.44. The maximum Gasteiger partial charge on any atom is 0.196 e. The average molecular weight is 367 g/mol. The van der Waals surface area contributed by atoms with Crippen molar-refractivity contribution in [2.24, 2.45) is 0 Å². The molecule has 4 rings (SSSR count). The van der Waals surface area contributed by atoms with Gasteiger partial charge in [0.05, 0.1) is 12.5 Å². The first kappa shape index (κ1) is 17.2. The van der Waals surface area contributed by atoms with Gasteiger partial charge >= 0.3 is 0 Å². The molecule has 1 saturated carbocycles. The number of halogens is 1.